The summed E-state index contributed by atoms with van der Waals surface area (Å²) in [7, 11) is 0. The lowest BCUT2D eigenvalue weighted by Crippen LogP contribution is -2.11. The Labute approximate surface area is 84.1 Å². The van der Waals surface area contributed by atoms with Gasteiger partial charge in [-0.2, -0.15) is 0 Å². The van der Waals surface area contributed by atoms with E-state index < -0.39 is 0 Å². The highest BCUT2D eigenvalue weighted by Gasteiger charge is 2.21. The third-order valence-electron chi connectivity index (χ3n) is 1.42. The van der Waals surface area contributed by atoms with Crippen molar-refractivity contribution >= 4 is 33.6 Å². The summed E-state index contributed by atoms with van der Waals surface area (Å²) in [6.45, 7) is 6.21. The number of rotatable bonds is 1. The molecular weight excluding hydrogens is 238 g/mol. The largest absolute Gasteiger partial charge is 0.296 e. The Hall–Kier alpha value is -0.220. The van der Waals surface area contributed by atoms with Gasteiger partial charge in [0.2, 0.25) is 0 Å². The second kappa shape index (κ2) is 3.26. The van der Waals surface area contributed by atoms with Gasteiger partial charge in [0.05, 0.1) is 0 Å². The van der Waals surface area contributed by atoms with Crippen LogP contribution >= 0.6 is 27.3 Å². The van der Waals surface area contributed by atoms with E-state index in [0.717, 1.165) is 15.1 Å². The summed E-state index contributed by atoms with van der Waals surface area (Å²) in [5.41, 5.74) is 0.555. The number of halogens is 1. The average molecular weight is 248 g/mol. The van der Waals surface area contributed by atoms with Crippen LogP contribution in [0.3, 0.4) is 0 Å². The molecule has 0 saturated heterocycles. The first-order valence-corrected chi connectivity index (χ1v) is 5.18. The van der Waals surface area contributed by atoms with E-state index in [9.17, 15) is 4.79 Å². The van der Waals surface area contributed by atoms with Crippen LogP contribution in [0.4, 0.5) is 0 Å². The Bertz CT molecular complexity index is 300. The third-order valence-corrected chi connectivity index (χ3v) is 3.37. The van der Waals surface area contributed by atoms with E-state index in [2.05, 4.69) is 41.7 Å². The van der Waals surface area contributed by atoms with Crippen molar-refractivity contribution in [3.63, 3.8) is 0 Å². The minimum absolute atomic E-state index is 0.0000694. The predicted molar refractivity (Wildman–Crippen MR) is 53.9 cm³/mol. The van der Waals surface area contributed by atoms with Crippen LogP contribution in [0.2, 0.25) is 0 Å². The summed E-state index contributed by atoms with van der Waals surface area (Å²) in [6, 6.07) is 0. The molecule has 0 radical (unpaired) electrons. The molecule has 0 unspecified atom stereocenters. The van der Waals surface area contributed by atoms with Gasteiger partial charge in [-0.1, -0.05) is 20.8 Å². The summed E-state index contributed by atoms with van der Waals surface area (Å²) in [6.07, 6.45) is 0.807. The Balaban J connectivity index is 3.22. The van der Waals surface area contributed by atoms with Crippen LogP contribution in [0.15, 0.2) is 3.92 Å². The fourth-order valence-electron chi connectivity index (χ4n) is 0.922. The molecule has 0 amide bonds. The normalized spacial score (nSPS) is 11.7. The van der Waals surface area contributed by atoms with Crippen molar-refractivity contribution in [1.29, 1.82) is 0 Å². The van der Waals surface area contributed by atoms with Gasteiger partial charge in [0.15, 0.2) is 10.2 Å². The molecule has 0 aliphatic carbocycles. The minimum Gasteiger partial charge on any atom is -0.296 e. The molecule has 0 atom stereocenters. The van der Waals surface area contributed by atoms with Crippen molar-refractivity contribution in [2.75, 3.05) is 0 Å². The number of carbonyl (C=O) groups is 1. The first kappa shape index (κ1) is 9.86. The average Bonchev–Trinajstić information content (AvgIpc) is 2.29. The topological polar surface area (TPSA) is 30.0 Å². The highest BCUT2D eigenvalue weighted by molar-refractivity contribution is 9.11. The number of nitrogens with zero attached hydrogens (tertiary/aromatic N) is 1. The lowest BCUT2D eigenvalue weighted by atomic mass is 9.93. The van der Waals surface area contributed by atoms with Gasteiger partial charge in [-0.25, -0.2) is 4.98 Å². The van der Waals surface area contributed by atoms with E-state index in [0.29, 0.717) is 5.69 Å². The molecule has 0 saturated carbocycles. The molecule has 0 N–H and O–H groups in total. The van der Waals surface area contributed by atoms with Gasteiger partial charge < -0.3 is 0 Å². The Morgan fingerprint density at radius 1 is 1.50 bits per heavy atom. The van der Waals surface area contributed by atoms with Gasteiger partial charge in [0, 0.05) is 4.88 Å². The molecule has 0 aliphatic heterocycles. The van der Waals surface area contributed by atoms with Gasteiger partial charge >= 0.3 is 0 Å². The molecule has 4 heteroatoms. The smallest absolute Gasteiger partial charge is 0.169 e. The van der Waals surface area contributed by atoms with E-state index in [1.165, 1.54) is 11.3 Å². The van der Waals surface area contributed by atoms with Crippen LogP contribution in [-0.4, -0.2) is 11.3 Å². The zero-order valence-electron chi connectivity index (χ0n) is 7.22. The molecule has 0 fully saturated rings. The number of aromatic nitrogens is 1. The molecule has 1 rings (SSSR count). The monoisotopic (exact) mass is 247 g/mol. The van der Waals surface area contributed by atoms with Crippen molar-refractivity contribution in [2.45, 2.75) is 26.2 Å². The lowest BCUT2D eigenvalue weighted by Gasteiger charge is -2.15. The van der Waals surface area contributed by atoms with Crippen molar-refractivity contribution in [1.82, 2.24) is 4.98 Å². The first-order valence-electron chi connectivity index (χ1n) is 3.57. The summed E-state index contributed by atoms with van der Waals surface area (Å²) in [5.74, 6) is 0. The summed E-state index contributed by atoms with van der Waals surface area (Å²) in [4.78, 5) is 15.7. The Kier molecular flexibility index (Phi) is 2.68. The molecule has 1 aromatic heterocycles. The van der Waals surface area contributed by atoms with Crippen molar-refractivity contribution < 1.29 is 4.79 Å². The maximum atomic E-state index is 10.6. The molecule has 0 aromatic carbocycles. The molecular formula is C8H10BrNOS. The Morgan fingerprint density at radius 3 is 2.42 bits per heavy atom. The second-order valence-corrected chi connectivity index (χ2v) is 5.82. The SMILES string of the molecule is CC(C)(C)c1sc(Br)nc1C=O. The predicted octanol–water partition coefficient (Wildman–Crippen LogP) is 3.02. The molecule has 66 valence electrons. The fraction of sp³-hybridized carbons (Fsp3) is 0.500. The van der Waals surface area contributed by atoms with Gasteiger partial charge in [-0.05, 0) is 21.3 Å². The molecule has 2 nitrogen and oxygen atoms in total. The van der Waals surface area contributed by atoms with Gasteiger partial charge in [-0.3, -0.25) is 4.79 Å². The van der Waals surface area contributed by atoms with Crippen molar-refractivity contribution in [3.05, 3.63) is 14.5 Å². The number of hydrogen-bond donors (Lipinski definition) is 0. The van der Waals surface area contributed by atoms with E-state index in [-0.39, 0.29) is 5.41 Å². The number of aldehydes is 1. The zero-order chi connectivity index (χ0) is 9.35. The second-order valence-electron chi connectivity index (χ2n) is 3.55. The third kappa shape index (κ3) is 1.93. The van der Waals surface area contributed by atoms with E-state index in [4.69, 9.17) is 0 Å². The summed E-state index contributed by atoms with van der Waals surface area (Å²) in [5, 5.41) is 0. The molecule has 12 heavy (non-hydrogen) atoms. The molecule has 0 aliphatic rings. The molecule has 0 bridgehead atoms. The van der Waals surface area contributed by atoms with Crippen LogP contribution < -0.4 is 0 Å². The Morgan fingerprint density at radius 2 is 2.08 bits per heavy atom. The van der Waals surface area contributed by atoms with Crippen LogP contribution in [0.5, 0.6) is 0 Å². The lowest BCUT2D eigenvalue weighted by molar-refractivity contribution is 0.111. The molecule has 0 spiro atoms. The molecule has 1 heterocycles. The van der Waals surface area contributed by atoms with Gasteiger partial charge in [0.1, 0.15) is 5.69 Å². The van der Waals surface area contributed by atoms with Crippen LogP contribution in [0, 0.1) is 0 Å². The van der Waals surface area contributed by atoms with Crippen LogP contribution in [-0.2, 0) is 5.41 Å². The van der Waals surface area contributed by atoms with Gasteiger partial charge in [0.25, 0.3) is 0 Å². The van der Waals surface area contributed by atoms with Crippen LogP contribution in [0.25, 0.3) is 0 Å². The number of thiazole rings is 1. The molecule has 1 aromatic rings. The summed E-state index contributed by atoms with van der Waals surface area (Å²) < 4.78 is 0.773. The van der Waals surface area contributed by atoms with E-state index in [1.54, 1.807) is 0 Å². The highest BCUT2D eigenvalue weighted by Crippen LogP contribution is 2.32. The fourth-order valence-corrected chi connectivity index (χ4v) is 2.42. The van der Waals surface area contributed by atoms with Crippen LogP contribution in [0.1, 0.15) is 36.1 Å². The standard InChI is InChI=1S/C8H10BrNOS/c1-8(2,3)6-5(4-11)10-7(9)12-6/h4H,1-3H3. The summed E-state index contributed by atoms with van der Waals surface area (Å²) >= 11 is 4.78. The first-order chi connectivity index (χ1) is 5.45. The van der Waals surface area contributed by atoms with Crippen molar-refractivity contribution in [3.8, 4) is 0 Å². The van der Waals surface area contributed by atoms with E-state index >= 15 is 0 Å². The number of hydrogen-bond acceptors (Lipinski definition) is 3. The highest BCUT2D eigenvalue weighted by atomic mass is 79.9. The maximum Gasteiger partial charge on any atom is 0.169 e. The van der Waals surface area contributed by atoms with Crippen molar-refractivity contribution in [2.24, 2.45) is 0 Å². The van der Waals surface area contributed by atoms with Gasteiger partial charge in [-0.15, -0.1) is 11.3 Å². The zero-order valence-corrected chi connectivity index (χ0v) is 9.62. The number of carbonyl (C=O) groups excluding carboxylic acids is 1. The maximum absolute atomic E-state index is 10.6. The minimum atomic E-state index is -0.0000694. The van der Waals surface area contributed by atoms with E-state index in [1.807, 2.05) is 0 Å². The quantitative estimate of drug-likeness (QED) is 0.715.